The molecule has 0 saturated carbocycles. The molecule has 0 bridgehead atoms. The number of pyridine rings is 1. The van der Waals surface area contributed by atoms with E-state index in [1.165, 1.54) is 26.1 Å². The number of aryl methyl sites for hydroxylation is 1. The van der Waals surface area contributed by atoms with E-state index in [1.807, 2.05) is 11.9 Å². The van der Waals surface area contributed by atoms with Crippen LogP contribution in [0.4, 0.5) is 20.6 Å². The molecule has 2 N–H and O–H groups in total. The molecular weight excluding hydrogens is 465 g/mol. The number of anilines is 2. The normalized spacial score (nSPS) is 14.2. The fourth-order valence-corrected chi connectivity index (χ4v) is 3.90. The van der Waals surface area contributed by atoms with Crippen LogP contribution in [0.5, 0.6) is 0 Å². The number of likely N-dealkylation sites (N-methyl/N-ethyl adjacent to an activating group) is 1. The van der Waals surface area contributed by atoms with E-state index in [1.54, 1.807) is 41.2 Å². The first kappa shape index (κ1) is 27.0. The summed E-state index contributed by atoms with van der Waals surface area (Å²) >= 11 is 0. The van der Waals surface area contributed by atoms with Crippen LogP contribution in [0.1, 0.15) is 25.1 Å². The van der Waals surface area contributed by atoms with Crippen LogP contribution in [-0.4, -0.2) is 89.0 Å². The van der Waals surface area contributed by atoms with Crippen LogP contribution in [0.2, 0.25) is 0 Å². The number of hydrogen-bond donors (Lipinski definition) is 2. The molecule has 10 nitrogen and oxygen atoms in total. The van der Waals surface area contributed by atoms with Crippen molar-refractivity contribution < 1.29 is 18.8 Å². The van der Waals surface area contributed by atoms with Crippen molar-refractivity contribution in [3.8, 4) is 0 Å². The highest BCUT2D eigenvalue weighted by Gasteiger charge is 2.25. The van der Waals surface area contributed by atoms with E-state index in [9.17, 15) is 14.4 Å². The molecule has 0 aliphatic carbocycles. The van der Waals surface area contributed by atoms with Crippen molar-refractivity contribution in [2.45, 2.75) is 27.3 Å². The number of carbonyl (C=O) groups is 3. The number of amides is 4. The van der Waals surface area contributed by atoms with E-state index in [4.69, 9.17) is 0 Å². The maximum atomic E-state index is 15.2. The molecule has 36 heavy (non-hydrogen) atoms. The molecule has 4 amide bonds. The van der Waals surface area contributed by atoms with Crippen molar-refractivity contribution in [1.82, 2.24) is 24.8 Å². The van der Waals surface area contributed by atoms with Gasteiger partial charge >= 0.3 is 6.03 Å². The van der Waals surface area contributed by atoms with Crippen molar-refractivity contribution >= 4 is 29.2 Å². The zero-order valence-corrected chi connectivity index (χ0v) is 21.3. The Morgan fingerprint density at radius 3 is 2.33 bits per heavy atom. The summed E-state index contributed by atoms with van der Waals surface area (Å²) in [6.45, 7) is 8.61. The van der Waals surface area contributed by atoms with Crippen molar-refractivity contribution in [3.63, 3.8) is 0 Å². The molecule has 1 saturated heterocycles. The SMILES string of the molecule is CC(=O)N(C)CCN(C(C)=O)N1CCN(Cc2cccc(NC(=O)Nc3ccc(C)nc3)c2F)CC1. The van der Waals surface area contributed by atoms with Crippen LogP contribution in [0.25, 0.3) is 0 Å². The van der Waals surface area contributed by atoms with Gasteiger partial charge in [0, 0.05) is 71.4 Å². The van der Waals surface area contributed by atoms with Gasteiger partial charge in [0.05, 0.1) is 24.1 Å². The molecular formula is C25H34FN7O3. The quantitative estimate of drug-likeness (QED) is 0.579. The summed E-state index contributed by atoms with van der Waals surface area (Å²) < 4.78 is 15.2. The number of hydrazine groups is 1. The average Bonchev–Trinajstić information content (AvgIpc) is 2.83. The first-order chi connectivity index (χ1) is 17.1. The average molecular weight is 500 g/mol. The Balaban J connectivity index is 1.54. The predicted molar refractivity (Wildman–Crippen MR) is 136 cm³/mol. The minimum absolute atomic E-state index is 0.0493. The highest BCUT2D eigenvalue weighted by Crippen LogP contribution is 2.21. The maximum Gasteiger partial charge on any atom is 0.323 e. The third-order valence-corrected chi connectivity index (χ3v) is 6.13. The zero-order chi connectivity index (χ0) is 26.2. The number of hydrogen-bond acceptors (Lipinski definition) is 6. The Bertz CT molecular complexity index is 1070. The topological polar surface area (TPSA) is 101 Å². The van der Waals surface area contributed by atoms with Crippen molar-refractivity contribution in [2.24, 2.45) is 0 Å². The van der Waals surface area contributed by atoms with E-state index >= 15 is 4.39 Å². The Morgan fingerprint density at radius 2 is 1.72 bits per heavy atom. The fourth-order valence-electron chi connectivity index (χ4n) is 3.90. The Hall–Kier alpha value is -3.57. The second-order valence-electron chi connectivity index (χ2n) is 8.86. The van der Waals surface area contributed by atoms with Crippen LogP contribution >= 0.6 is 0 Å². The fraction of sp³-hybridized carbons (Fsp3) is 0.440. The van der Waals surface area contributed by atoms with Crippen molar-refractivity contribution in [1.29, 1.82) is 0 Å². The van der Waals surface area contributed by atoms with Gasteiger partial charge in [0.2, 0.25) is 11.8 Å². The first-order valence-corrected chi connectivity index (χ1v) is 11.9. The van der Waals surface area contributed by atoms with Crippen LogP contribution in [0, 0.1) is 12.7 Å². The second-order valence-corrected chi connectivity index (χ2v) is 8.86. The van der Waals surface area contributed by atoms with Crippen molar-refractivity contribution in [3.05, 3.63) is 53.6 Å². The molecule has 0 spiro atoms. The number of carbonyl (C=O) groups excluding carboxylic acids is 3. The van der Waals surface area contributed by atoms with Gasteiger partial charge in [0.1, 0.15) is 0 Å². The van der Waals surface area contributed by atoms with Gasteiger partial charge in [-0.3, -0.25) is 24.5 Å². The van der Waals surface area contributed by atoms with Crippen LogP contribution in [0.3, 0.4) is 0 Å². The summed E-state index contributed by atoms with van der Waals surface area (Å²) in [4.78, 5) is 43.8. The standard InChI is InChI=1S/C25H34FN7O3/c1-18-8-9-22(16-27-18)28-25(36)29-23-7-5-6-21(24(23)26)17-31-11-13-32(14-12-31)33(20(3)35)15-10-30(4)19(2)34/h5-9,16H,10-15,17H2,1-4H3,(H2,28,29,36). The predicted octanol–water partition coefficient (Wildman–Crippen LogP) is 2.53. The van der Waals surface area contributed by atoms with Gasteiger partial charge < -0.3 is 15.5 Å². The number of aromatic nitrogens is 1. The van der Waals surface area contributed by atoms with Gasteiger partial charge in [0.25, 0.3) is 0 Å². The third kappa shape index (κ3) is 7.46. The number of halogens is 1. The molecule has 1 aromatic carbocycles. The Kier molecular flexibility index (Phi) is 9.31. The molecule has 1 aromatic heterocycles. The lowest BCUT2D eigenvalue weighted by molar-refractivity contribution is -0.151. The summed E-state index contributed by atoms with van der Waals surface area (Å²) in [5.41, 5.74) is 1.92. The molecule has 1 aliphatic heterocycles. The third-order valence-electron chi connectivity index (χ3n) is 6.13. The monoisotopic (exact) mass is 499 g/mol. The largest absolute Gasteiger partial charge is 0.344 e. The lowest BCUT2D eigenvalue weighted by atomic mass is 10.1. The summed E-state index contributed by atoms with van der Waals surface area (Å²) in [7, 11) is 1.71. The van der Waals surface area contributed by atoms with Crippen LogP contribution in [0.15, 0.2) is 36.5 Å². The van der Waals surface area contributed by atoms with Gasteiger partial charge in [-0.25, -0.2) is 14.2 Å². The van der Waals surface area contributed by atoms with Gasteiger partial charge in [0.15, 0.2) is 5.82 Å². The van der Waals surface area contributed by atoms with Gasteiger partial charge in [-0.1, -0.05) is 12.1 Å². The molecule has 0 unspecified atom stereocenters. The number of nitrogens with one attached hydrogen (secondary N) is 2. The second kappa shape index (κ2) is 12.4. The molecule has 2 aromatic rings. The summed E-state index contributed by atoms with van der Waals surface area (Å²) in [5.74, 6) is -0.605. The Morgan fingerprint density at radius 1 is 1.00 bits per heavy atom. The lowest BCUT2D eigenvalue weighted by Gasteiger charge is -2.41. The van der Waals surface area contributed by atoms with Crippen molar-refractivity contribution in [2.75, 3.05) is 56.9 Å². The zero-order valence-electron chi connectivity index (χ0n) is 21.3. The molecule has 1 fully saturated rings. The van der Waals surface area contributed by atoms with Crippen LogP contribution < -0.4 is 10.6 Å². The summed E-state index contributed by atoms with van der Waals surface area (Å²) in [5, 5.41) is 8.86. The van der Waals surface area contributed by atoms with E-state index in [2.05, 4.69) is 20.5 Å². The van der Waals surface area contributed by atoms with Gasteiger partial charge in [-0.05, 0) is 25.1 Å². The van der Waals surface area contributed by atoms with E-state index in [0.29, 0.717) is 57.1 Å². The molecule has 1 aliphatic rings. The number of nitrogens with zero attached hydrogens (tertiary/aromatic N) is 5. The maximum absolute atomic E-state index is 15.2. The highest BCUT2D eigenvalue weighted by atomic mass is 19.1. The molecule has 194 valence electrons. The highest BCUT2D eigenvalue weighted by molar-refractivity contribution is 5.99. The number of piperazine rings is 1. The van der Waals surface area contributed by atoms with E-state index < -0.39 is 11.8 Å². The van der Waals surface area contributed by atoms with Crippen LogP contribution in [-0.2, 0) is 16.1 Å². The molecule has 11 heteroatoms. The molecule has 0 radical (unpaired) electrons. The summed E-state index contributed by atoms with van der Waals surface area (Å²) in [6, 6.07) is 7.88. The summed E-state index contributed by atoms with van der Waals surface area (Å²) in [6.07, 6.45) is 1.54. The number of rotatable bonds is 8. The van der Waals surface area contributed by atoms with Gasteiger partial charge in [-0.15, -0.1) is 0 Å². The Labute approximate surface area is 211 Å². The minimum Gasteiger partial charge on any atom is -0.344 e. The number of benzene rings is 1. The lowest BCUT2D eigenvalue weighted by Crippen LogP contribution is -2.56. The van der Waals surface area contributed by atoms with Gasteiger partial charge in [-0.2, -0.15) is 0 Å². The smallest absolute Gasteiger partial charge is 0.323 e. The first-order valence-electron chi connectivity index (χ1n) is 11.9. The number of urea groups is 1. The van der Waals surface area contributed by atoms with E-state index in [-0.39, 0.29) is 17.5 Å². The minimum atomic E-state index is -0.551. The molecule has 0 atom stereocenters. The molecule has 2 heterocycles. The molecule has 3 rings (SSSR count). The van der Waals surface area contributed by atoms with E-state index in [0.717, 1.165) is 5.69 Å².